The van der Waals surface area contributed by atoms with Gasteiger partial charge in [-0.3, -0.25) is 9.59 Å². The average Bonchev–Trinajstić information content (AvgIpc) is 3.61. The van der Waals surface area contributed by atoms with Crippen molar-refractivity contribution >= 4 is 41.0 Å². The highest BCUT2D eigenvalue weighted by Gasteiger charge is 2.54. The number of carbonyl (C=O) groups is 2. The van der Waals surface area contributed by atoms with Gasteiger partial charge in [0, 0.05) is 40.6 Å². The Kier molecular flexibility index (Phi) is 10.0. The molecule has 1 heterocycles. The lowest BCUT2D eigenvalue weighted by Crippen LogP contribution is -2.49. The van der Waals surface area contributed by atoms with Crippen molar-refractivity contribution in [1.29, 1.82) is 0 Å². The maximum atomic E-state index is 15.0. The largest absolute Gasteiger partial charge is 0.494 e. The van der Waals surface area contributed by atoms with Gasteiger partial charge in [0.2, 0.25) is 5.90 Å². The Balaban J connectivity index is 1.44. The summed E-state index contributed by atoms with van der Waals surface area (Å²) in [5, 5.41) is 13.1. The van der Waals surface area contributed by atoms with Gasteiger partial charge in [0.1, 0.15) is 11.4 Å². The molecule has 6 rings (SSSR count). The molecule has 10 heteroatoms. The number of halogens is 2. The van der Waals surface area contributed by atoms with Gasteiger partial charge in [0.05, 0.1) is 12.6 Å². The number of rotatable bonds is 11. The standard InChI is InChI=1S/C39H38Cl2N2O6/c1-38(2,3)49-33(45)19-20-39(37(46)42-34-29-11-6-4-9-27(29)28-10-5-7-12-30(28)34)35(31-18-15-25(40)23-32(31)41)48-36(43-39)24-13-16-26(17-14-24)47-22-8-21-44/h4-7,9-18,23,34-35,44H,8,19-22H2,1-3H3,(H,42,46)/t35-,39-/m1/s1. The van der Waals surface area contributed by atoms with E-state index in [9.17, 15) is 4.79 Å². The molecule has 4 aromatic carbocycles. The fourth-order valence-electron chi connectivity index (χ4n) is 6.31. The van der Waals surface area contributed by atoms with E-state index in [0.29, 0.717) is 39.9 Å². The second-order valence-electron chi connectivity index (χ2n) is 13.1. The molecular formula is C39H38Cl2N2O6. The zero-order valence-corrected chi connectivity index (χ0v) is 29.1. The van der Waals surface area contributed by atoms with E-state index in [1.807, 2.05) is 48.5 Å². The fourth-order valence-corrected chi connectivity index (χ4v) is 6.82. The van der Waals surface area contributed by atoms with Crippen LogP contribution in [0.4, 0.5) is 0 Å². The van der Waals surface area contributed by atoms with Crippen LogP contribution < -0.4 is 10.1 Å². The maximum Gasteiger partial charge on any atom is 0.306 e. The van der Waals surface area contributed by atoms with E-state index in [1.165, 1.54) is 0 Å². The van der Waals surface area contributed by atoms with Gasteiger partial charge in [0.15, 0.2) is 11.6 Å². The van der Waals surface area contributed by atoms with E-state index in [2.05, 4.69) is 5.32 Å². The second-order valence-corrected chi connectivity index (χ2v) is 14.0. The number of aliphatic hydroxyl groups is 1. The molecule has 4 aromatic rings. The van der Waals surface area contributed by atoms with Crippen LogP contribution in [0, 0.1) is 0 Å². The van der Waals surface area contributed by atoms with Crippen LogP contribution in [-0.4, -0.2) is 47.2 Å². The van der Waals surface area contributed by atoms with Crippen LogP contribution in [0.15, 0.2) is 96.0 Å². The Labute approximate surface area is 296 Å². The van der Waals surface area contributed by atoms with Crippen LogP contribution in [0.2, 0.25) is 10.0 Å². The highest BCUT2D eigenvalue weighted by atomic mass is 35.5. The molecule has 0 fully saturated rings. The number of nitrogens with zero attached hydrogens (tertiary/aromatic N) is 1. The van der Waals surface area contributed by atoms with Gasteiger partial charge in [-0.15, -0.1) is 0 Å². The second kappa shape index (κ2) is 14.2. The van der Waals surface area contributed by atoms with Gasteiger partial charge >= 0.3 is 5.97 Å². The predicted octanol–water partition coefficient (Wildman–Crippen LogP) is 8.02. The number of hydrogen-bond acceptors (Lipinski definition) is 7. The van der Waals surface area contributed by atoms with Crippen LogP contribution in [-0.2, 0) is 19.1 Å². The van der Waals surface area contributed by atoms with Crippen LogP contribution in [0.25, 0.3) is 11.1 Å². The zero-order chi connectivity index (χ0) is 34.8. The van der Waals surface area contributed by atoms with Crippen molar-refractivity contribution in [3.63, 3.8) is 0 Å². The number of benzene rings is 4. The summed E-state index contributed by atoms with van der Waals surface area (Å²) in [4.78, 5) is 33.3. The Morgan fingerprint density at radius 1 is 0.918 bits per heavy atom. The first kappa shape index (κ1) is 34.5. The lowest BCUT2D eigenvalue weighted by Gasteiger charge is -2.32. The van der Waals surface area contributed by atoms with Crippen molar-refractivity contribution in [2.45, 2.75) is 63.3 Å². The van der Waals surface area contributed by atoms with Crippen molar-refractivity contribution < 1.29 is 28.9 Å². The SMILES string of the molecule is CC(C)(C)OC(=O)CC[C@@]1(C(=O)NC2c3ccccc3-c3ccccc32)N=C(c2ccc(OCCCO)cc2)O[C@@H]1c1ccc(Cl)cc1Cl. The Morgan fingerprint density at radius 3 is 2.18 bits per heavy atom. The highest BCUT2D eigenvalue weighted by molar-refractivity contribution is 6.35. The predicted molar refractivity (Wildman–Crippen MR) is 190 cm³/mol. The van der Waals surface area contributed by atoms with Crippen LogP contribution in [0.5, 0.6) is 5.75 Å². The number of ether oxygens (including phenoxy) is 3. The third-order valence-electron chi connectivity index (χ3n) is 8.51. The molecule has 254 valence electrons. The smallest absolute Gasteiger partial charge is 0.306 e. The molecule has 0 radical (unpaired) electrons. The van der Waals surface area contributed by atoms with E-state index in [4.69, 9.17) is 47.5 Å². The van der Waals surface area contributed by atoms with Gasteiger partial charge in [-0.25, -0.2) is 4.99 Å². The van der Waals surface area contributed by atoms with E-state index < -0.39 is 35.2 Å². The molecule has 0 spiro atoms. The number of amides is 1. The van der Waals surface area contributed by atoms with Crippen molar-refractivity contribution in [3.05, 3.63) is 123 Å². The minimum Gasteiger partial charge on any atom is -0.494 e. The first-order valence-corrected chi connectivity index (χ1v) is 17.0. The summed E-state index contributed by atoms with van der Waals surface area (Å²) in [6.07, 6.45) is -0.643. The van der Waals surface area contributed by atoms with E-state index in [1.54, 1.807) is 63.2 Å². The van der Waals surface area contributed by atoms with Gasteiger partial charge < -0.3 is 24.6 Å². The molecule has 1 aliphatic heterocycles. The lowest BCUT2D eigenvalue weighted by atomic mass is 9.82. The number of aliphatic imine (C=N–C) groups is 1. The Bertz CT molecular complexity index is 1840. The van der Waals surface area contributed by atoms with Crippen molar-refractivity contribution in [3.8, 4) is 16.9 Å². The molecule has 1 aliphatic carbocycles. The topological polar surface area (TPSA) is 106 Å². The third-order valence-corrected chi connectivity index (χ3v) is 9.08. The first-order chi connectivity index (χ1) is 23.5. The summed E-state index contributed by atoms with van der Waals surface area (Å²) >= 11 is 13.1. The summed E-state index contributed by atoms with van der Waals surface area (Å²) < 4.78 is 18.0. The summed E-state index contributed by atoms with van der Waals surface area (Å²) in [5.41, 5.74) is 2.75. The monoisotopic (exact) mass is 700 g/mol. The number of fused-ring (bicyclic) bond motifs is 3. The van der Waals surface area contributed by atoms with E-state index >= 15 is 4.79 Å². The molecule has 1 amide bonds. The fraction of sp³-hybridized carbons (Fsp3) is 0.308. The molecule has 0 bridgehead atoms. The molecule has 0 aromatic heterocycles. The number of hydrogen-bond donors (Lipinski definition) is 2. The van der Waals surface area contributed by atoms with Gasteiger partial charge in [0.25, 0.3) is 5.91 Å². The van der Waals surface area contributed by atoms with E-state index in [0.717, 1.165) is 22.3 Å². The van der Waals surface area contributed by atoms with E-state index in [-0.39, 0.29) is 25.3 Å². The average molecular weight is 702 g/mol. The minimum absolute atomic E-state index is 0.0285. The Hall–Kier alpha value is -4.37. The normalized spacial score (nSPS) is 18.2. The maximum absolute atomic E-state index is 15.0. The quantitative estimate of drug-likeness (QED) is 0.121. The Morgan fingerprint density at radius 2 is 1.57 bits per heavy atom. The molecule has 0 saturated heterocycles. The number of carbonyl (C=O) groups excluding carboxylic acids is 2. The zero-order valence-electron chi connectivity index (χ0n) is 27.5. The van der Waals surface area contributed by atoms with Crippen LogP contribution in [0.1, 0.15) is 74.4 Å². The molecule has 2 aliphatic rings. The van der Waals surface area contributed by atoms with Crippen LogP contribution >= 0.6 is 23.2 Å². The summed E-state index contributed by atoms with van der Waals surface area (Å²) in [6.45, 7) is 5.79. The molecule has 49 heavy (non-hydrogen) atoms. The third kappa shape index (κ3) is 7.32. The molecule has 0 unspecified atom stereocenters. The number of aliphatic hydroxyl groups excluding tert-OH is 1. The van der Waals surface area contributed by atoms with Crippen LogP contribution in [0.3, 0.4) is 0 Å². The summed E-state index contributed by atoms with van der Waals surface area (Å²) in [5.74, 6) is -0.0715. The number of nitrogens with one attached hydrogen (secondary N) is 1. The summed E-state index contributed by atoms with van der Waals surface area (Å²) in [6, 6.07) is 27.6. The highest BCUT2D eigenvalue weighted by Crippen LogP contribution is 2.48. The van der Waals surface area contributed by atoms with Crippen molar-refractivity contribution in [1.82, 2.24) is 5.32 Å². The minimum atomic E-state index is -1.63. The lowest BCUT2D eigenvalue weighted by molar-refractivity contribution is -0.155. The molecular weight excluding hydrogens is 663 g/mol. The molecule has 2 atom stereocenters. The first-order valence-electron chi connectivity index (χ1n) is 16.3. The molecule has 8 nitrogen and oxygen atoms in total. The molecule has 2 N–H and O–H groups in total. The summed E-state index contributed by atoms with van der Waals surface area (Å²) in [7, 11) is 0. The van der Waals surface area contributed by atoms with Crippen molar-refractivity contribution in [2.75, 3.05) is 13.2 Å². The van der Waals surface area contributed by atoms with Crippen molar-refractivity contribution in [2.24, 2.45) is 4.99 Å². The van der Waals surface area contributed by atoms with Gasteiger partial charge in [-0.05, 0) is 85.8 Å². The van der Waals surface area contributed by atoms with Gasteiger partial charge in [-0.1, -0.05) is 77.8 Å². The number of esters is 1. The molecule has 0 saturated carbocycles. The van der Waals surface area contributed by atoms with Gasteiger partial charge in [-0.2, -0.15) is 0 Å².